The number of nitrogens with zero attached hydrogens (tertiary/aromatic N) is 3. The highest BCUT2D eigenvalue weighted by atomic mass is 32.2. The maximum atomic E-state index is 12.6. The van der Waals surface area contributed by atoms with Gasteiger partial charge >= 0.3 is 0 Å². The number of likely N-dealkylation sites (tertiary alicyclic amines) is 1. The minimum Gasteiger partial charge on any atom is -0.353 e. The summed E-state index contributed by atoms with van der Waals surface area (Å²) in [6.07, 6.45) is 7.18. The fourth-order valence-corrected chi connectivity index (χ4v) is 3.28. The topological polar surface area (TPSA) is 62.6 Å². The molecule has 1 fully saturated rings. The number of hydrogen-bond donors (Lipinski definition) is 0. The molecule has 124 valence electrons. The summed E-state index contributed by atoms with van der Waals surface area (Å²) in [6, 6.07) is 4.05. The van der Waals surface area contributed by atoms with Crippen molar-refractivity contribution in [3.8, 4) is 0 Å². The van der Waals surface area contributed by atoms with Crippen LogP contribution in [0.1, 0.15) is 37.4 Å². The van der Waals surface area contributed by atoms with Crippen molar-refractivity contribution in [1.82, 2.24) is 13.8 Å². The Hall–Kier alpha value is -1.34. The van der Waals surface area contributed by atoms with Crippen molar-refractivity contribution in [2.24, 2.45) is 7.05 Å². The second-order valence-electron chi connectivity index (χ2n) is 6.02. The molecule has 1 aromatic heterocycles. The Morgan fingerprint density at radius 2 is 2.09 bits per heavy atom. The van der Waals surface area contributed by atoms with Crippen LogP contribution in [0.4, 0.5) is 0 Å². The van der Waals surface area contributed by atoms with Crippen LogP contribution in [0.2, 0.25) is 0 Å². The molecule has 0 aliphatic carbocycles. The van der Waals surface area contributed by atoms with E-state index in [4.69, 9.17) is 0 Å². The van der Waals surface area contributed by atoms with Crippen molar-refractivity contribution >= 4 is 15.9 Å². The Morgan fingerprint density at radius 3 is 2.68 bits per heavy atom. The van der Waals surface area contributed by atoms with Gasteiger partial charge in [0.25, 0.3) is 0 Å². The number of rotatable bonds is 4. The first-order chi connectivity index (χ1) is 10.3. The molecule has 2 heterocycles. The lowest BCUT2D eigenvalue weighted by atomic mass is 10.1. The van der Waals surface area contributed by atoms with Crippen molar-refractivity contribution in [3.05, 3.63) is 24.0 Å². The maximum Gasteiger partial charge on any atom is 0.238 e. The molecular weight excluding hydrogens is 302 g/mol. The number of carbonyl (C=O) groups is 1. The SMILES string of the molecule is CN(CC(=O)N1CCCCCC1c1cccn1C)S(C)(=O)=O. The van der Waals surface area contributed by atoms with E-state index in [0.29, 0.717) is 6.54 Å². The molecule has 0 radical (unpaired) electrons. The molecule has 1 aliphatic rings. The summed E-state index contributed by atoms with van der Waals surface area (Å²) < 4.78 is 26.2. The number of amides is 1. The lowest BCUT2D eigenvalue weighted by Crippen LogP contribution is -2.42. The van der Waals surface area contributed by atoms with Gasteiger partial charge in [0.2, 0.25) is 15.9 Å². The third kappa shape index (κ3) is 3.89. The van der Waals surface area contributed by atoms with Crippen molar-refractivity contribution in [2.75, 3.05) is 26.4 Å². The van der Waals surface area contributed by atoms with E-state index in [1.165, 1.54) is 7.05 Å². The standard InChI is InChI=1S/C15H25N3O3S/c1-16-10-7-9-13(16)14-8-5-4-6-11-18(14)15(19)12-17(2)22(3,20)21/h7,9-10,14H,4-6,8,11-12H2,1-3H3. The van der Waals surface area contributed by atoms with Crippen LogP contribution in [-0.2, 0) is 21.9 Å². The van der Waals surface area contributed by atoms with Gasteiger partial charge < -0.3 is 9.47 Å². The minimum atomic E-state index is -3.34. The average Bonchev–Trinajstić information content (AvgIpc) is 2.71. The molecule has 0 aromatic carbocycles. The van der Waals surface area contributed by atoms with Gasteiger partial charge in [-0.1, -0.05) is 12.8 Å². The van der Waals surface area contributed by atoms with Crippen molar-refractivity contribution in [3.63, 3.8) is 0 Å². The first-order valence-electron chi connectivity index (χ1n) is 7.62. The second-order valence-corrected chi connectivity index (χ2v) is 8.10. The average molecular weight is 327 g/mol. The van der Waals surface area contributed by atoms with E-state index >= 15 is 0 Å². The summed E-state index contributed by atoms with van der Waals surface area (Å²) >= 11 is 0. The van der Waals surface area contributed by atoms with Crippen LogP contribution in [0.25, 0.3) is 0 Å². The van der Waals surface area contributed by atoms with Gasteiger partial charge in [-0.3, -0.25) is 4.79 Å². The Bertz CT molecular complexity index is 624. The second kappa shape index (κ2) is 6.83. The van der Waals surface area contributed by atoms with Gasteiger partial charge in [0.05, 0.1) is 18.8 Å². The molecule has 0 saturated carbocycles. The molecule has 22 heavy (non-hydrogen) atoms. The first kappa shape index (κ1) is 17.0. The fourth-order valence-electron chi connectivity index (χ4n) is 2.93. The summed E-state index contributed by atoms with van der Waals surface area (Å²) in [5.41, 5.74) is 1.11. The summed E-state index contributed by atoms with van der Waals surface area (Å²) in [6.45, 7) is 0.589. The Balaban J connectivity index is 2.20. The highest BCUT2D eigenvalue weighted by Crippen LogP contribution is 2.30. The van der Waals surface area contributed by atoms with Gasteiger partial charge in [0.15, 0.2) is 0 Å². The highest BCUT2D eigenvalue weighted by molar-refractivity contribution is 7.88. The van der Waals surface area contributed by atoms with Crippen LogP contribution < -0.4 is 0 Å². The van der Waals surface area contributed by atoms with Gasteiger partial charge in [-0.25, -0.2) is 8.42 Å². The van der Waals surface area contributed by atoms with Crippen molar-refractivity contribution in [2.45, 2.75) is 31.7 Å². The fraction of sp³-hybridized carbons (Fsp3) is 0.667. The van der Waals surface area contributed by atoms with E-state index < -0.39 is 10.0 Å². The smallest absolute Gasteiger partial charge is 0.238 e. The maximum absolute atomic E-state index is 12.6. The molecule has 1 unspecified atom stereocenters. The molecule has 1 saturated heterocycles. The first-order valence-corrected chi connectivity index (χ1v) is 9.47. The summed E-state index contributed by atoms with van der Waals surface area (Å²) in [7, 11) is 0.0802. The highest BCUT2D eigenvalue weighted by Gasteiger charge is 2.29. The van der Waals surface area contributed by atoms with Gasteiger partial charge in [-0.2, -0.15) is 4.31 Å². The summed E-state index contributed by atoms with van der Waals surface area (Å²) in [5, 5.41) is 0. The number of hydrogen-bond acceptors (Lipinski definition) is 3. The molecule has 1 amide bonds. The molecule has 2 rings (SSSR count). The molecule has 7 heteroatoms. The van der Waals surface area contributed by atoms with Crippen molar-refractivity contribution in [1.29, 1.82) is 0 Å². The quantitative estimate of drug-likeness (QED) is 0.839. The van der Waals surface area contributed by atoms with Crippen LogP contribution >= 0.6 is 0 Å². The third-order valence-electron chi connectivity index (χ3n) is 4.32. The van der Waals surface area contributed by atoms with Crippen LogP contribution in [0.3, 0.4) is 0 Å². The predicted octanol–water partition coefficient (Wildman–Crippen LogP) is 1.36. The van der Waals surface area contributed by atoms with E-state index in [1.54, 1.807) is 0 Å². The molecule has 0 bridgehead atoms. The largest absolute Gasteiger partial charge is 0.353 e. The van der Waals surface area contributed by atoms with Crippen LogP contribution in [-0.4, -0.2) is 54.5 Å². The van der Waals surface area contributed by atoms with E-state index in [9.17, 15) is 13.2 Å². The minimum absolute atomic E-state index is 0.0305. The Labute approximate surface area is 132 Å². The number of aromatic nitrogens is 1. The summed E-state index contributed by atoms with van der Waals surface area (Å²) in [5.74, 6) is -0.124. The van der Waals surface area contributed by atoms with Gasteiger partial charge in [-0.15, -0.1) is 0 Å². The lowest BCUT2D eigenvalue weighted by Gasteiger charge is -2.31. The molecule has 0 spiro atoms. The summed E-state index contributed by atoms with van der Waals surface area (Å²) in [4.78, 5) is 14.5. The number of likely N-dealkylation sites (N-methyl/N-ethyl adjacent to an activating group) is 1. The van der Waals surface area contributed by atoms with Crippen molar-refractivity contribution < 1.29 is 13.2 Å². The Morgan fingerprint density at radius 1 is 1.36 bits per heavy atom. The van der Waals surface area contributed by atoms with Crippen LogP contribution in [0.15, 0.2) is 18.3 Å². The van der Waals surface area contributed by atoms with E-state index in [2.05, 4.69) is 0 Å². The normalized spacial score (nSPS) is 20.2. The zero-order valence-electron chi connectivity index (χ0n) is 13.5. The predicted molar refractivity (Wildman–Crippen MR) is 85.8 cm³/mol. The number of carbonyl (C=O) groups excluding carboxylic acids is 1. The molecular formula is C15H25N3O3S. The third-order valence-corrected chi connectivity index (χ3v) is 5.58. The lowest BCUT2D eigenvalue weighted by molar-refractivity contribution is -0.133. The van der Waals surface area contributed by atoms with E-state index in [0.717, 1.165) is 41.9 Å². The van der Waals surface area contributed by atoms with E-state index in [-0.39, 0.29) is 18.5 Å². The molecule has 1 aliphatic heterocycles. The van der Waals surface area contributed by atoms with Gasteiger partial charge in [-0.05, 0) is 25.0 Å². The molecule has 6 nitrogen and oxygen atoms in total. The van der Waals surface area contributed by atoms with Gasteiger partial charge in [0.1, 0.15) is 0 Å². The molecule has 0 N–H and O–H groups in total. The number of sulfonamides is 1. The van der Waals surface area contributed by atoms with Crippen LogP contribution in [0, 0.1) is 0 Å². The zero-order chi connectivity index (χ0) is 16.3. The van der Waals surface area contributed by atoms with Crippen LogP contribution in [0.5, 0.6) is 0 Å². The monoisotopic (exact) mass is 327 g/mol. The van der Waals surface area contributed by atoms with Gasteiger partial charge in [0, 0.05) is 32.5 Å². The van der Waals surface area contributed by atoms with E-state index in [1.807, 2.05) is 34.8 Å². The molecule has 1 atom stereocenters. The molecule has 1 aromatic rings. The number of aryl methyl sites for hydroxylation is 1. The zero-order valence-corrected chi connectivity index (χ0v) is 14.3. The Kier molecular flexibility index (Phi) is 5.28.